The summed E-state index contributed by atoms with van der Waals surface area (Å²) in [5.41, 5.74) is 0.683. The quantitative estimate of drug-likeness (QED) is 0.602. The van der Waals surface area contributed by atoms with Crippen LogP contribution in [0, 0.1) is 0 Å². The lowest BCUT2D eigenvalue weighted by Gasteiger charge is -2.30. The van der Waals surface area contributed by atoms with Crippen LogP contribution in [0.3, 0.4) is 0 Å². The predicted octanol–water partition coefficient (Wildman–Crippen LogP) is 0.681. The molecule has 7 nitrogen and oxygen atoms in total. The zero-order chi connectivity index (χ0) is 14.1. The molecule has 2 heterocycles. The molecule has 1 aliphatic heterocycles. The number of phenols is 2. The number of hydrogen-bond acceptors (Lipinski definition) is 6. The third-order valence-corrected chi connectivity index (χ3v) is 3.37. The molecule has 0 saturated carbocycles. The third kappa shape index (κ3) is 2.39. The molecule has 3 rings (SSSR count). The average Bonchev–Trinajstić information content (AvgIpc) is 2.92. The van der Waals surface area contributed by atoms with E-state index < -0.39 is 0 Å². The number of rotatable bonds is 2. The molecule has 0 amide bonds. The first-order chi connectivity index (χ1) is 9.63. The molecule has 106 valence electrons. The van der Waals surface area contributed by atoms with Gasteiger partial charge in [0.25, 0.3) is 0 Å². The molecular weight excluding hydrogens is 258 g/mol. The number of piperazine rings is 1. The van der Waals surface area contributed by atoms with Crippen LogP contribution in [-0.4, -0.2) is 51.1 Å². The van der Waals surface area contributed by atoms with Crippen LogP contribution in [-0.2, 0) is 0 Å². The van der Waals surface area contributed by atoms with E-state index in [0.29, 0.717) is 23.4 Å². The highest BCUT2D eigenvalue weighted by Gasteiger charge is 2.19. The minimum Gasteiger partial charge on any atom is -0.504 e. The van der Waals surface area contributed by atoms with E-state index in [1.165, 1.54) is 12.1 Å². The lowest BCUT2D eigenvalue weighted by Crippen LogP contribution is -2.49. The van der Waals surface area contributed by atoms with Gasteiger partial charge in [-0.15, -0.1) is 5.10 Å². The Bertz CT molecular complexity index is 613. The van der Waals surface area contributed by atoms with E-state index in [1.54, 1.807) is 6.07 Å². The van der Waals surface area contributed by atoms with Gasteiger partial charge in [-0.05, 0) is 25.1 Å². The first kappa shape index (κ1) is 12.7. The number of H-pyrrole nitrogens is 1. The molecule has 1 aliphatic rings. The van der Waals surface area contributed by atoms with Crippen LogP contribution in [0.5, 0.6) is 11.5 Å². The van der Waals surface area contributed by atoms with Gasteiger partial charge in [-0.3, -0.25) is 5.10 Å². The van der Waals surface area contributed by atoms with E-state index in [-0.39, 0.29) is 11.5 Å². The topological polar surface area (TPSA) is 97.3 Å². The fourth-order valence-electron chi connectivity index (χ4n) is 2.31. The van der Waals surface area contributed by atoms with Crippen LogP contribution >= 0.6 is 0 Å². The van der Waals surface area contributed by atoms with Crippen molar-refractivity contribution in [2.75, 3.05) is 24.5 Å². The van der Waals surface area contributed by atoms with Crippen molar-refractivity contribution in [3.05, 3.63) is 18.2 Å². The Morgan fingerprint density at radius 1 is 1.30 bits per heavy atom. The number of nitrogens with one attached hydrogen (secondary N) is 2. The van der Waals surface area contributed by atoms with E-state index >= 15 is 0 Å². The lowest BCUT2D eigenvalue weighted by atomic mass is 10.2. The second kappa shape index (κ2) is 5.01. The van der Waals surface area contributed by atoms with Crippen LogP contribution in [0.2, 0.25) is 0 Å². The normalized spacial score (nSPS) is 19.2. The number of aromatic nitrogens is 3. The SMILES string of the molecule is C[C@H]1CN(c2n[nH]c(-c3ccc(O)c(O)c3)n2)CCN1. The summed E-state index contributed by atoms with van der Waals surface area (Å²) in [5, 5.41) is 29.3. The van der Waals surface area contributed by atoms with Crippen molar-refractivity contribution in [2.24, 2.45) is 0 Å². The molecule has 1 aromatic carbocycles. The van der Waals surface area contributed by atoms with Gasteiger partial charge in [0.2, 0.25) is 5.95 Å². The Morgan fingerprint density at radius 2 is 2.15 bits per heavy atom. The van der Waals surface area contributed by atoms with Gasteiger partial charge in [0.05, 0.1) is 0 Å². The van der Waals surface area contributed by atoms with Crippen molar-refractivity contribution in [1.29, 1.82) is 0 Å². The number of nitrogens with zero attached hydrogens (tertiary/aromatic N) is 3. The molecular formula is C13H17N5O2. The molecule has 1 aromatic heterocycles. The van der Waals surface area contributed by atoms with Crippen molar-refractivity contribution in [3.63, 3.8) is 0 Å². The molecule has 0 unspecified atom stereocenters. The van der Waals surface area contributed by atoms with E-state index in [1.807, 2.05) is 0 Å². The Kier molecular flexibility index (Phi) is 3.19. The van der Waals surface area contributed by atoms with Crippen LogP contribution in [0.1, 0.15) is 6.92 Å². The number of aromatic amines is 1. The highest BCUT2D eigenvalue weighted by atomic mass is 16.3. The summed E-state index contributed by atoms with van der Waals surface area (Å²) in [6.07, 6.45) is 0. The summed E-state index contributed by atoms with van der Waals surface area (Å²) in [6, 6.07) is 4.97. The summed E-state index contributed by atoms with van der Waals surface area (Å²) in [6.45, 7) is 4.75. The Labute approximate surface area is 116 Å². The Balaban J connectivity index is 1.84. The first-order valence-electron chi connectivity index (χ1n) is 6.56. The number of benzene rings is 1. The summed E-state index contributed by atoms with van der Waals surface area (Å²) in [4.78, 5) is 6.56. The molecule has 1 saturated heterocycles. The van der Waals surface area contributed by atoms with Crippen molar-refractivity contribution in [1.82, 2.24) is 20.5 Å². The van der Waals surface area contributed by atoms with Crippen molar-refractivity contribution >= 4 is 5.95 Å². The highest BCUT2D eigenvalue weighted by molar-refractivity contribution is 5.61. The molecule has 1 atom stereocenters. The standard InChI is InChI=1S/C13H17N5O2/c1-8-7-18(5-4-14-8)13-15-12(16-17-13)9-2-3-10(19)11(20)6-9/h2-3,6,8,14,19-20H,4-5,7H2,1H3,(H,15,16,17)/t8-/m0/s1. The van der Waals surface area contributed by atoms with Crippen molar-refractivity contribution in [2.45, 2.75) is 13.0 Å². The smallest absolute Gasteiger partial charge is 0.245 e. The zero-order valence-electron chi connectivity index (χ0n) is 11.2. The van der Waals surface area contributed by atoms with Gasteiger partial charge < -0.3 is 20.4 Å². The maximum atomic E-state index is 9.52. The van der Waals surface area contributed by atoms with E-state index in [4.69, 9.17) is 0 Å². The number of aromatic hydroxyl groups is 2. The number of phenolic OH excluding ortho intramolecular Hbond substituents is 2. The van der Waals surface area contributed by atoms with Gasteiger partial charge >= 0.3 is 0 Å². The molecule has 0 spiro atoms. The van der Waals surface area contributed by atoms with Crippen LogP contribution in [0.25, 0.3) is 11.4 Å². The van der Waals surface area contributed by atoms with Crippen molar-refractivity contribution in [3.8, 4) is 22.9 Å². The second-order valence-corrected chi connectivity index (χ2v) is 4.99. The molecule has 2 aromatic rings. The maximum absolute atomic E-state index is 9.52. The molecule has 20 heavy (non-hydrogen) atoms. The Hall–Kier alpha value is -2.28. The molecule has 0 radical (unpaired) electrons. The number of anilines is 1. The van der Waals surface area contributed by atoms with E-state index in [9.17, 15) is 10.2 Å². The van der Waals surface area contributed by atoms with E-state index in [2.05, 4.69) is 32.3 Å². The molecule has 7 heteroatoms. The molecule has 0 aliphatic carbocycles. The van der Waals surface area contributed by atoms with Gasteiger partial charge in [-0.25, -0.2) is 0 Å². The summed E-state index contributed by atoms with van der Waals surface area (Å²) in [5.74, 6) is 0.906. The maximum Gasteiger partial charge on any atom is 0.245 e. The minimum absolute atomic E-state index is 0.149. The average molecular weight is 275 g/mol. The molecule has 0 bridgehead atoms. The van der Waals surface area contributed by atoms with Crippen LogP contribution < -0.4 is 10.2 Å². The minimum atomic E-state index is -0.170. The monoisotopic (exact) mass is 275 g/mol. The van der Waals surface area contributed by atoms with Gasteiger partial charge in [0, 0.05) is 31.2 Å². The predicted molar refractivity (Wildman–Crippen MR) is 74.8 cm³/mol. The van der Waals surface area contributed by atoms with E-state index in [0.717, 1.165) is 19.6 Å². The lowest BCUT2D eigenvalue weighted by molar-refractivity contribution is 0.404. The summed E-state index contributed by atoms with van der Waals surface area (Å²) in [7, 11) is 0. The van der Waals surface area contributed by atoms with Crippen LogP contribution in [0.15, 0.2) is 18.2 Å². The van der Waals surface area contributed by atoms with Gasteiger partial charge in [0.15, 0.2) is 17.3 Å². The fraction of sp³-hybridized carbons (Fsp3) is 0.385. The zero-order valence-corrected chi connectivity index (χ0v) is 11.2. The number of hydrogen-bond donors (Lipinski definition) is 4. The van der Waals surface area contributed by atoms with Gasteiger partial charge in [-0.1, -0.05) is 0 Å². The van der Waals surface area contributed by atoms with Crippen LogP contribution in [0.4, 0.5) is 5.95 Å². The third-order valence-electron chi connectivity index (χ3n) is 3.37. The molecule has 1 fully saturated rings. The second-order valence-electron chi connectivity index (χ2n) is 4.99. The van der Waals surface area contributed by atoms with Gasteiger partial charge in [-0.2, -0.15) is 4.98 Å². The molecule has 4 N–H and O–H groups in total. The first-order valence-corrected chi connectivity index (χ1v) is 6.56. The Morgan fingerprint density at radius 3 is 2.90 bits per heavy atom. The highest BCUT2D eigenvalue weighted by Crippen LogP contribution is 2.29. The van der Waals surface area contributed by atoms with Gasteiger partial charge in [0.1, 0.15) is 0 Å². The van der Waals surface area contributed by atoms with Crippen molar-refractivity contribution < 1.29 is 10.2 Å². The fourth-order valence-corrected chi connectivity index (χ4v) is 2.31. The summed E-state index contributed by atoms with van der Waals surface area (Å²) < 4.78 is 0. The summed E-state index contributed by atoms with van der Waals surface area (Å²) >= 11 is 0. The largest absolute Gasteiger partial charge is 0.504 e.